The Morgan fingerprint density at radius 2 is 2.00 bits per heavy atom. The van der Waals surface area contributed by atoms with Gasteiger partial charge < -0.3 is 9.64 Å². The second-order valence-corrected chi connectivity index (χ2v) is 8.77. The van der Waals surface area contributed by atoms with Crippen LogP contribution in [0.1, 0.15) is 76.1 Å². The van der Waals surface area contributed by atoms with Crippen LogP contribution < -0.4 is 4.74 Å². The van der Waals surface area contributed by atoms with Crippen molar-refractivity contribution in [2.45, 2.75) is 72.1 Å². The molecule has 1 aromatic heterocycles. The zero-order valence-corrected chi connectivity index (χ0v) is 21.5. The molecule has 7 heteroatoms. The molecule has 1 aliphatic rings. The van der Waals surface area contributed by atoms with Crippen LogP contribution in [0.25, 0.3) is 5.69 Å². The molecule has 3 rings (SSSR count). The zero-order chi connectivity index (χ0) is 25.0. The standard InChI is InChI=1S/C28H38N6O/c1-5-8-10-13-23-21-34(32-24(23)6-2)25-15-14-22(20-29)18-26(25)35-28(30-4)19-27(31-7-3)33-16-11-9-12-17-33/h14-15,18-19,21H,4-13,16-17H2,1-3H3/b28-19+,31-27?. The Kier molecular flexibility index (Phi) is 10.1. The Morgan fingerprint density at radius 3 is 2.66 bits per heavy atom. The summed E-state index contributed by atoms with van der Waals surface area (Å²) in [5.41, 5.74) is 3.63. The number of likely N-dealkylation sites (tertiary alicyclic amines) is 1. The van der Waals surface area contributed by atoms with Gasteiger partial charge in [0.2, 0.25) is 5.88 Å². The van der Waals surface area contributed by atoms with Gasteiger partial charge in [-0.3, -0.25) is 4.99 Å². The van der Waals surface area contributed by atoms with Crippen LogP contribution in [0.3, 0.4) is 0 Å². The van der Waals surface area contributed by atoms with Gasteiger partial charge in [-0.25, -0.2) is 9.67 Å². The molecule has 7 nitrogen and oxygen atoms in total. The van der Waals surface area contributed by atoms with Crippen LogP contribution in [0.4, 0.5) is 0 Å². The highest BCUT2D eigenvalue weighted by molar-refractivity contribution is 5.93. The topological polar surface area (TPSA) is 78.8 Å². The van der Waals surface area contributed by atoms with Crippen molar-refractivity contribution in [2.24, 2.45) is 9.98 Å². The Morgan fingerprint density at radius 1 is 1.20 bits per heavy atom. The molecule has 0 saturated carbocycles. The van der Waals surface area contributed by atoms with E-state index in [2.05, 4.69) is 47.7 Å². The molecule has 186 valence electrons. The van der Waals surface area contributed by atoms with E-state index < -0.39 is 0 Å². The predicted molar refractivity (Wildman–Crippen MR) is 143 cm³/mol. The number of aryl methyl sites for hydroxylation is 2. The molecule has 1 aromatic carbocycles. The third-order valence-corrected chi connectivity index (χ3v) is 6.22. The first-order chi connectivity index (χ1) is 17.1. The third-order valence-electron chi connectivity index (χ3n) is 6.22. The fraction of sp³-hybridized carbons (Fsp3) is 0.500. The number of nitriles is 1. The first-order valence-corrected chi connectivity index (χ1v) is 12.9. The molecule has 2 aromatic rings. The Hall–Kier alpha value is -3.40. The molecule has 0 bridgehead atoms. The molecule has 0 unspecified atom stereocenters. The average molecular weight is 475 g/mol. The van der Waals surface area contributed by atoms with Crippen molar-refractivity contribution < 1.29 is 4.74 Å². The molecule has 0 N–H and O–H groups in total. The lowest BCUT2D eigenvalue weighted by Gasteiger charge is -2.28. The second kappa shape index (κ2) is 13.5. The van der Waals surface area contributed by atoms with Crippen molar-refractivity contribution in [3.8, 4) is 17.5 Å². The van der Waals surface area contributed by atoms with Crippen LogP contribution in [-0.4, -0.2) is 46.9 Å². The minimum absolute atomic E-state index is 0.352. The zero-order valence-electron chi connectivity index (χ0n) is 21.5. The van der Waals surface area contributed by atoms with E-state index in [9.17, 15) is 5.26 Å². The van der Waals surface area contributed by atoms with Crippen molar-refractivity contribution in [1.82, 2.24) is 14.7 Å². The van der Waals surface area contributed by atoms with Gasteiger partial charge in [-0.1, -0.05) is 26.7 Å². The molecule has 0 amide bonds. The molecule has 0 aliphatic carbocycles. The van der Waals surface area contributed by atoms with Crippen LogP contribution in [0, 0.1) is 11.3 Å². The first-order valence-electron chi connectivity index (χ1n) is 12.9. The number of hydrogen-bond acceptors (Lipinski definition) is 5. The minimum atomic E-state index is 0.352. The summed E-state index contributed by atoms with van der Waals surface area (Å²) in [4.78, 5) is 11.1. The highest BCUT2D eigenvalue weighted by Crippen LogP contribution is 2.28. The normalized spacial score (nSPS) is 14.6. The van der Waals surface area contributed by atoms with Gasteiger partial charge in [0, 0.05) is 38.0 Å². The smallest absolute Gasteiger partial charge is 0.222 e. The fourth-order valence-corrected chi connectivity index (χ4v) is 4.35. The fourth-order valence-electron chi connectivity index (χ4n) is 4.35. The van der Waals surface area contributed by atoms with Gasteiger partial charge in [-0.15, -0.1) is 0 Å². The molecular formula is C28H38N6O. The van der Waals surface area contributed by atoms with Gasteiger partial charge in [0.05, 0.1) is 17.3 Å². The number of aliphatic imine (C=N–C) groups is 2. The summed E-state index contributed by atoms with van der Waals surface area (Å²) in [5.74, 6) is 1.73. The lowest BCUT2D eigenvalue weighted by atomic mass is 10.1. The van der Waals surface area contributed by atoms with E-state index >= 15 is 0 Å². The van der Waals surface area contributed by atoms with Crippen molar-refractivity contribution >= 4 is 12.6 Å². The van der Waals surface area contributed by atoms with Crippen LogP contribution >= 0.6 is 0 Å². The lowest BCUT2D eigenvalue weighted by Crippen LogP contribution is -2.35. The number of aromatic nitrogens is 2. The Balaban J connectivity index is 1.95. The van der Waals surface area contributed by atoms with E-state index in [0.29, 0.717) is 23.7 Å². The van der Waals surface area contributed by atoms with Crippen molar-refractivity contribution in [3.63, 3.8) is 0 Å². The van der Waals surface area contributed by atoms with E-state index in [1.807, 2.05) is 23.7 Å². The summed E-state index contributed by atoms with van der Waals surface area (Å²) >= 11 is 0. The summed E-state index contributed by atoms with van der Waals surface area (Å²) in [5, 5.41) is 14.3. The molecular weight excluding hydrogens is 436 g/mol. The van der Waals surface area contributed by atoms with E-state index in [-0.39, 0.29) is 0 Å². The number of nitrogens with zero attached hydrogens (tertiary/aromatic N) is 6. The summed E-state index contributed by atoms with van der Waals surface area (Å²) in [6.07, 6.45) is 12.9. The van der Waals surface area contributed by atoms with Gasteiger partial charge in [0.1, 0.15) is 11.5 Å². The summed E-state index contributed by atoms with van der Waals surface area (Å²) in [6.45, 7) is 12.7. The summed E-state index contributed by atoms with van der Waals surface area (Å²) in [7, 11) is 0. The van der Waals surface area contributed by atoms with E-state index in [0.717, 1.165) is 62.4 Å². The van der Waals surface area contributed by atoms with Gasteiger partial charge in [0.25, 0.3) is 0 Å². The predicted octanol–water partition coefficient (Wildman–Crippen LogP) is 5.86. The van der Waals surface area contributed by atoms with Crippen LogP contribution in [0.15, 0.2) is 46.3 Å². The van der Waals surface area contributed by atoms with Gasteiger partial charge in [0.15, 0.2) is 5.75 Å². The summed E-state index contributed by atoms with van der Waals surface area (Å²) < 4.78 is 8.12. The van der Waals surface area contributed by atoms with Crippen molar-refractivity contribution in [3.05, 3.63) is 53.2 Å². The highest BCUT2D eigenvalue weighted by Gasteiger charge is 2.17. The SMILES string of the molecule is C=N/C(=C\C(=NCC)N1CCCCC1)Oc1cc(C#N)ccc1-n1cc(CCCCC)c(CC)n1. The number of benzene rings is 1. The van der Waals surface area contributed by atoms with Gasteiger partial charge in [-0.05, 0) is 69.9 Å². The summed E-state index contributed by atoms with van der Waals surface area (Å²) in [6, 6.07) is 7.60. The number of piperidine rings is 1. The number of amidine groups is 1. The van der Waals surface area contributed by atoms with E-state index in [4.69, 9.17) is 9.84 Å². The average Bonchev–Trinajstić information content (AvgIpc) is 3.31. The van der Waals surface area contributed by atoms with Crippen molar-refractivity contribution in [2.75, 3.05) is 19.6 Å². The maximum Gasteiger partial charge on any atom is 0.222 e. The molecule has 1 fully saturated rings. The lowest BCUT2D eigenvalue weighted by molar-refractivity contribution is 0.341. The first kappa shape index (κ1) is 26.2. The highest BCUT2D eigenvalue weighted by atomic mass is 16.5. The van der Waals surface area contributed by atoms with Gasteiger partial charge in [-0.2, -0.15) is 10.4 Å². The number of ether oxygens (including phenoxy) is 1. The Bertz CT molecular complexity index is 1090. The van der Waals surface area contributed by atoms with E-state index in [1.54, 1.807) is 12.1 Å². The number of hydrogen-bond donors (Lipinski definition) is 0. The molecule has 1 saturated heterocycles. The molecule has 0 radical (unpaired) electrons. The Labute approximate surface area is 209 Å². The molecule has 0 atom stereocenters. The monoisotopic (exact) mass is 474 g/mol. The maximum absolute atomic E-state index is 9.50. The van der Waals surface area contributed by atoms with Crippen LogP contribution in [-0.2, 0) is 12.8 Å². The maximum atomic E-state index is 9.50. The van der Waals surface area contributed by atoms with Gasteiger partial charge >= 0.3 is 0 Å². The molecule has 0 spiro atoms. The number of unbranched alkanes of at least 4 members (excludes halogenated alkanes) is 2. The van der Waals surface area contributed by atoms with Crippen molar-refractivity contribution in [1.29, 1.82) is 5.26 Å². The van der Waals surface area contributed by atoms with Crippen LogP contribution in [0.2, 0.25) is 0 Å². The van der Waals surface area contributed by atoms with E-state index in [1.165, 1.54) is 24.8 Å². The minimum Gasteiger partial charge on any atom is -0.437 e. The molecule has 35 heavy (non-hydrogen) atoms. The molecule has 2 heterocycles. The quantitative estimate of drug-likeness (QED) is 0.177. The second-order valence-electron chi connectivity index (χ2n) is 8.77. The molecule has 1 aliphatic heterocycles. The number of rotatable bonds is 11. The third kappa shape index (κ3) is 7.05. The largest absolute Gasteiger partial charge is 0.437 e. The van der Waals surface area contributed by atoms with Crippen LogP contribution in [0.5, 0.6) is 5.75 Å².